The van der Waals surface area contributed by atoms with Gasteiger partial charge in [-0.25, -0.2) is 0 Å². The van der Waals surface area contributed by atoms with Crippen molar-refractivity contribution in [1.29, 1.82) is 0 Å². The number of thiophene rings is 1. The van der Waals surface area contributed by atoms with E-state index in [0.29, 0.717) is 4.88 Å². The summed E-state index contributed by atoms with van der Waals surface area (Å²) in [6, 6.07) is 9.74. The van der Waals surface area contributed by atoms with E-state index in [1.165, 1.54) is 35.3 Å². The molecule has 148 valence electrons. The van der Waals surface area contributed by atoms with Crippen molar-refractivity contribution in [3.8, 4) is 0 Å². The summed E-state index contributed by atoms with van der Waals surface area (Å²) in [5, 5.41) is 4.68. The molecule has 0 spiro atoms. The Kier molecular flexibility index (Phi) is 6.98. The molecule has 2 aromatic rings. The lowest BCUT2D eigenvalue weighted by Gasteiger charge is -2.20. The highest BCUT2D eigenvalue weighted by atomic mass is 32.1. The number of fused-ring (bicyclic) bond motifs is 1. The van der Waals surface area contributed by atoms with Crippen LogP contribution in [0.25, 0.3) is 0 Å². The minimum Gasteiger partial charge on any atom is -0.456 e. The van der Waals surface area contributed by atoms with Crippen molar-refractivity contribution in [2.75, 3.05) is 6.61 Å². The molecule has 0 bridgehead atoms. The summed E-state index contributed by atoms with van der Waals surface area (Å²) in [5.41, 5.74) is 3.83. The van der Waals surface area contributed by atoms with Gasteiger partial charge in [-0.05, 0) is 60.7 Å². The van der Waals surface area contributed by atoms with Crippen LogP contribution in [-0.2, 0) is 27.2 Å². The molecule has 0 radical (unpaired) electrons. The zero-order valence-electron chi connectivity index (χ0n) is 16.0. The van der Waals surface area contributed by atoms with Gasteiger partial charge in [0.2, 0.25) is 0 Å². The Hall–Kier alpha value is -2.47. The van der Waals surface area contributed by atoms with Gasteiger partial charge in [-0.3, -0.25) is 14.4 Å². The predicted molar refractivity (Wildman–Crippen MR) is 108 cm³/mol. The molecule has 3 rings (SSSR count). The number of Topliss-reactive ketones (excluding diaryl/α,β-unsaturated/α-hetero) is 1. The van der Waals surface area contributed by atoms with Crippen LogP contribution in [0.4, 0.5) is 0 Å². The monoisotopic (exact) mass is 399 g/mol. The van der Waals surface area contributed by atoms with Crippen LogP contribution in [0.2, 0.25) is 0 Å². The van der Waals surface area contributed by atoms with Crippen molar-refractivity contribution >= 4 is 29.0 Å². The molecule has 0 saturated carbocycles. The van der Waals surface area contributed by atoms with Crippen LogP contribution in [0.15, 0.2) is 35.7 Å². The third-order valence-corrected chi connectivity index (χ3v) is 5.88. The van der Waals surface area contributed by atoms with Gasteiger partial charge in [-0.15, -0.1) is 11.3 Å². The standard InChI is InChI=1S/C22H25NO4S/c1-15(17-9-8-16-5-2-3-6-18(16)13-17)23-21(25)14-27-22(26)11-10-19(24)20-7-4-12-28-20/h4,7-9,12-13,15H,2-3,5-6,10-11,14H2,1H3,(H,23,25)/t15-/m1/s1. The molecule has 1 heterocycles. The normalized spacial score (nSPS) is 14.0. The summed E-state index contributed by atoms with van der Waals surface area (Å²) in [6.07, 6.45) is 4.73. The number of amides is 1. The van der Waals surface area contributed by atoms with Gasteiger partial charge < -0.3 is 10.1 Å². The van der Waals surface area contributed by atoms with Crippen molar-refractivity contribution in [3.05, 3.63) is 57.3 Å². The quantitative estimate of drug-likeness (QED) is 0.538. The molecular formula is C22H25NO4S. The number of carbonyl (C=O) groups excluding carboxylic acids is 3. The van der Waals surface area contributed by atoms with E-state index in [-0.39, 0.29) is 37.2 Å². The van der Waals surface area contributed by atoms with Crippen LogP contribution in [0.1, 0.15) is 65.0 Å². The Balaban J connectivity index is 1.41. The zero-order valence-corrected chi connectivity index (χ0v) is 16.8. The van der Waals surface area contributed by atoms with Crippen LogP contribution in [0.3, 0.4) is 0 Å². The lowest BCUT2D eigenvalue weighted by Crippen LogP contribution is -2.31. The maximum absolute atomic E-state index is 12.1. The lowest BCUT2D eigenvalue weighted by atomic mass is 9.89. The maximum atomic E-state index is 12.1. The Morgan fingerprint density at radius 2 is 1.89 bits per heavy atom. The van der Waals surface area contributed by atoms with Crippen molar-refractivity contribution < 1.29 is 19.1 Å². The summed E-state index contributed by atoms with van der Waals surface area (Å²) in [4.78, 5) is 36.4. The molecule has 5 nitrogen and oxygen atoms in total. The summed E-state index contributed by atoms with van der Waals surface area (Å²) < 4.78 is 5.00. The number of carbonyl (C=O) groups is 3. The number of hydrogen-bond donors (Lipinski definition) is 1. The number of ketones is 1. The van der Waals surface area contributed by atoms with Crippen LogP contribution < -0.4 is 5.32 Å². The minimum atomic E-state index is -0.540. The fourth-order valence-electron chi connectivity index (χ4n) is 3.38. The average molecular weight is 400 g/mol. The molecule has 0 aliphatic heterocycles. The second-order valence-electron chi connectivity index (χ2n) is 7.09. The van der Waals surface area contributed by atoms with Crippen LogP contribution in [0, 0.1) is 0 Å². The highest BCUT2D eigenvalue weighted by Gasteiger charge is 2.16. The van der Waals surface area contributed by atoms with Gasteiger partial charge in [0.1, 0.15) is 0 Å². The van der Waals surface area contributed by atoms with Gasteiger partial charge >= 0.3 is 5.97 Å². The van der Waals surface area contributed by atoms with E-state index < -0.39 is 5.97 Å². The topological polar surface area (TPSA) is 72.5 Å². The van der Waals surface area contributed by atoms with E-state index in [1.807, 2.05) is 12.3 Å². The smallest absolute Gasteiger partial charge is 0.306 e. The van der Waals surface area contributed by atoms with Crippen LogP contribution >= 0.6 is 11.3 Å². The molecule has 1 aliphatic rings. The Morgan fingerprint density at radius 1 is 1.11 bits per heavy atom. The molecule has 1 amide bonds. The number of benzene rings is 1. The fraction of sp³-hybridized carbons (Fsp3) is 0.409. The third-order valence-electron chi connectivity index (χ3n) is 4.97. The lowest BCUT2D eigenvalue weighted by molar-refractivity contribution is -0.148. The second kappa shape index (κ2) is 9.64. The summed E-state index contributed by atoms with van der Waals surface area (Å²) in [6.45, 7) is 1.59. The molecular weight excluding hydrogens is 374 g/mol. The molecule has 1 aromatic carbocycles. The van der Waals surface area contributed by atoms with E-state index in [4.69, 9.17) is 4.74 Å². The summed E-state index contributed by atoms with van der Waals surface area (Å²) >= 11 is 1.35. The first kappa shape index (κ1) is 20.3. The predicted octanol–water partition coefficient (Wildman–Crippen LogP) is 4.01. The van der Waals surface area contributed by atoms with Gasteiger partial charge in [-0.2, -0.15) is 0 Å². The molecule has 1 N–H and O–H groups in total. The maximum Gasteiger partial charge on any atom is 0.306 e. The summed E-state index contributed by atoms with van der Waals surface area (Å²) in [5.74, 6) is -0.970. The van der Waals surface area contributed by atoms with Crippen molar-refractivity contribution in [1.82, 2.24) is 5.32 Å². The number of esters is 1. The Labute approximate surface area is 169 Å². The first-order chi connectivity index (χ1) is 13.5. The van der Waals surface area contributed by atoms with Gasteiger partial charge in [0, 0.05) is 6.42 Å². The molecule has 0 fully saturated rings. The second-order valence-corrected chi connectivity index (χ2v) is 8.03. The highest BCUT2D eigenvalue weighted by molar-refractivity contribution is 7.12. The highest BCUT2D eigenvalue weighted by Crippen LogP contribution is 2.24. The Bertz CT molecular complexity index is 844. The molecule has 28 heavy (non-hydrogen) atoms. The van der Waals surface area contributed by atoms with Crippen molar-refractivity contribution in [2.45, 2.75) is 51.5 Å². The summed E-state index contributed by atoms with van der Waals surface area (Å²) in [7, 11) is 0. The van der Waals surface area contributed by atoms with Gasteiger partial charge in [0.25, 0.3) is 5.91 Å². The molecule has 6 heteroatoms. The fourth-order valence-corrected chi connectivity index (χ4v) is 4.08. The first-order valence-electron chi connectivity index (χ1n) is 9.66. The number of rotatable bonds is 8. The van der Waals surface area contributed by atoms with E-state index in [9.17, 15) is 14.4 Å². The molecule has 0 unspecified atom stereocenters. The van der Waals surface area contributed by atoms with Crippen LogP contribution in [-0.4, -0.2) is 24.3 Å². The molecule has 0 saturated heterocycles. The third kappa shape index (κ3) is 5.52. The SMILES string of the molecule is C[C@@H](NC(=O)COC(=O)CCC(=O)c1cccs1)c1ccc2c(c1)CCCC2. The van der Waals surface area contributed by atoms with Gasteiger partial charge in [0.05, 0.1) is 17.3 Å². The molecule has 1 aromatic heterocycles. The van der Waals surface area contributed by atoms with Gasteiger partial charge in [0.15, 0.2) is 12.4 Å². The van der Waals surface area contributed by atoms with E-state index in [2.05, 4.69) is 23.5 Å². The van der Waals surface area contributed by atoms with Crippen LogP contribution in [0.5, 0.6) is 0 Å². The van der Waals surface area contributed by atoms with Gasteiger partial charge in [-0.1, -0.05) is 24.3 Å². The number of hydrogen-bond acceptors (Lipinski definition) is 5. The Morgan fingerprint density at radius 3 is 2.64 bits per heavy atom. The average Bonchev–Trinajstić information content (AvgIpc) is 3.25. The van der Waals surface area contributed by atoms with Crippen molar-refractivity contribution in [3.63, 3.8) is 0 Å². The number of ether oxygens (including phenoxy) is 1. The largest absolute Gasteiger partial charge is 0.456 e. The first-order valence-corrected chi connectivity index (χ1v) is 10.5. The number of nitrogens with one attached hydrogen (secondary N) is 1. The van der Waals surface area contributed by atoms with E-state index in [1.54, 1.807) is 12.1 Å². The number of aryl methyl sites for hydroxylation is 2. The van der Waals surface area contributed by atoms with Crippen molar-refractivity contribution in [2.24, 2.45) is 0 Å². The molecule has 1 atom stereocenters. The minimum absolute atomic E-state index is 0.0234. The molecule has 1 aliphatic carbocycles. The van der Waals surface area contributed by atoms with E-state index >= 15 is 0 Å². The zero-order chi connectivity index (χ0) is 19.9. The van der Waals surface area contributed by atoms with E-state index in [0.717, 1.165) is 18.4 Å².